The van der Waals surface area contributed by atoms with E-state index in [9.17, 15) is 4.79 Å². The molecule has 0 spiro atoms. The number of aromatic amines is 1. The van der Waals surface area contributed by atoms with Gasteiger partial charge >= 0.3 is 0 Å². The summed E-state index contributed by atoms with van der Waals surface area (Å²) < 4.78 is 0. The van der Waals surface area contributed by atoms with Crippen LogP contribution in [0.1, 0.15) is 16.1 Å². The topological polar surface area (TPSA) is 90.0 Å². The van der Waals surface area contributed by atoms with E-state index in [1.165, 1.54) is 0 Å². The zero-order valence-electron chi connectivity index (χ0n) is 18.0. The Bertz CT molecular complexity index is 1210. The molecule has 4 aromatic rings. The van der Waals surface area contributed by atoms with Crippen LogP contribution in [0.15, 0.2) is 55.0 Å². The summed E-state index contributed by atoms with van der Waals surface area (Å²) in [6.45, 7) is 0.809. The summed E-state index contributed by atoms with van der Waals surface area (Å²) in [7, 11) is 7.89. The maximum absolute atomic E-state index is 12.9. The molecule has 3 aromatic heterocycles. The zero-order chi connectivity index (χ0) is 22.0. The number of benzene rings is 1. The molecule has 1 aromatic carbocycles. The quantitative estimate of drug-likeness (QED) is 0.502. The summed E-state index contributed by atoms with van der Waals surface area (Å²) in [4.78, 5) is 25.6. The monoisotopic (exact) mass is 415 g/mol. The Morgan fingerprint density at radius 2 is 1.84 bits per heavy atom. The van der Waals surface area contributed by atoms with Crippen molar-refractivity contribution in [2.45, 2.75) is 6.54 Å². The van der Waals surface area contributed by atoms with Gasteiger partial charge in [-0.15, -0.1) is 0 Å². The molecule has 0 bridgehead atoms. The number of nitrogens with one attached hydrogen (secondary N) is 2. The van der Waals surface area contributed by atoms with Gasteiger partial charge < -0.3 is 15.1 Å². The number of aromatic nitrogens is 4. The van der Waals surface area contributed by atoms with Crippen LogP contribution in [0.4, 0.5) is 11.5 Å². The van der Waals surface area contributed by atoms with Crippen LogP contribution in [0.25, 0.3) is 22.0 Å². The highest BCUT2D eigenvalue weighted by atomic mass is 16.1. The van der Waals surface area contributed by atoms with Gasteiger partial charge in [0, 0.05) is 44.0 Å². The number of H-pyrrole nitrogens is 1. The fraction of sp³-hybridized carbons (Fsp3) is 0.217. The Hall–Kier alpha value is -3.78. The average molecular weight is 416 g/mol. The molecule has 0 aliphatic carbocycles. The van der Waals surface area contributed by atoms with Crippen LogP contribution in [0.5, 0.6) is 0 Å². The smallest absolute Gasteiger partial charge is 0.276 e. The molecule has 8 nitrogen and oxygen atoms in total. The standard InChI is InChI=1S/C23H25N7O/c1-29(2)14-15-9-17(12-24-11-15)16-5-7-20-19(10-16)22(28-27-20)23(31)26-18-6-8-21(25-13-18)30(3)4/h5-13H,14H2,1-4H3,(H,26,31)(H,27,28). The van der Waals surface area contributed by atoms with Gasteiger partial charge in [0.05, 0.1) is 17.4 Å². The molecular weight excluding hydrogens is 390 g/mol. The lowest BCUT2D eigenvalue weighted by atomic mass is 10.0. The Morgan fingerprint density at radius 3 is 2.55 bits per heavy atom. The van der Waals surface area contributed by atoms with Crippen molar-refractivity contribution in [2.75, 3.05) is 38.4 Å². The summed E-state index contributed by atoms with van der Waals surface area (Å²) in [5, 5.41) is 10.8. The number of pyridine rings is 2. The second-order valence-electron chi connectivity index (χ2n) is 7.91. The van der Waals surface area contributed by atoms with Crippen LogP contribution in [-0.2, 0) is 6.54 Å². The van der Waals surface area contributed by atoms with Crippen molar-refractivity contribution in [1.82, 2.24) is 25.1 Å². The van der Waals surface area contributed by atoms with Gasteiger partial charge in [-0.2, -0.15) is 5.10 Å². The highest BCUT2D eigenvalue weighted by Gasteiger charge is 2.16. The molecule has 158 valence electrons. The van der Waals surface area contributed by atoms with Crippen molar-refractivity contribution in [3.63, 3.8) is 0 Å². The van der Waals surface area contributed by atoms with Gasteiger partial charge in [0.25, 0.3) is 5.91 Å². The molecule has 0 fully saturated rings. The number of nitrogens with zero attached hydrogens (tertiary/aromatic N) is 5. The van der Waals surface area contributed by atoms with E-state index in [0.29, 0.717) is 11.4 Å². The number of carbonyl (C=O) groups excluding carboxylic acids is 1. The summed E-state index contributed by atoms with van der Waals surface area (Å²) >= 11 is 0. The predicted molar refractivity (Wildman–Crippen MR) is 123 cm³/mol. The number of rotatable bonds is 6. The van der Waals surface area contributed by atoms with Crippen LogP contribution in [0.2, 0.25) is 0 Å². The molecule has 2 N–H and O–H groups in total. The third kappa shape index (κ3) is 4.54. The van der Waals surface area contributed by atoms with Crippen LogP contribution in [-0.4, -0.2) is 59.2 Å². The minimum atomic E-state index is -0.290. The van der Waals surface area contributed by atoms with Crippen LogP contribution >= 0.6 is 0 Å². The molecular formula is C23H25N7O. The second-order valence-corrected chi connectivity index (χ2v) is 7.91. The van der Waals surface area contributed by atoms with Crippen LogP contribution in [0.3, 0.4) is 0 Å². The van der Waals surface area contributed by atoms with E-state index in [-0.39, 0.29) is 5.91 Å². The summed E-state index contributed by atoms with van der Waals surface area (Å²) in [5.74, 6) is 0.528. The van der Waals surface area contributed by atoms with E-state index in [1.807, 2.05) is 75.8 Å². The van der Waals surface area contributed by atoms with Crippen LogP contribution < -0.4 is 10.2 Å². The molecule has 31 heavy (non-hydrogen) atoms. The average Bonchev–Trinajstić information content (AvgIpc) is 3.17. The first-order valence-corrected chi connectivity index (χ1v) is 9.92. The van der Waals surface area contributed by atoms with E-state index in [1.54, 1.807) is 6.20 Å². The predicted octanol–water partition coefficient (Wildman–Crippen LogP) is 3.40. The molecule has 0 atom stereocenters. The molecule has 0 aliphatic rings. The third-order valence-electron chi connectivity index (χ3n) is 4.87. The lowest BCUT2D eigenvalue weighted by molar-refractivity contribution is 0.102. The van der Waals surface area contributed by atoms with Crippen molar-refractivity contribution in [3.05, 3.63) is 66.2 Å². The number of hydrogen-bond donors (Lipinski definition) is 2. The maximum Gasteiger partial charge on any atom is 0.276 e. The van der Waals surface area contributed by atoms with Gasteiger partial charge in [-0.05, 0) is 55.6 Å². The highest BCUT2D eigenvalue weighted by molar-refractivity contribution is 6.11. The Morgan fingerprint density at radius 1 is 1.00 bits per heavy atom. The zero-order valence-corrected chi connectivity index (χ0v) is 18.0. The molecule has 0 unspecified atom stereocenters. The number of amides is 1. The van der Waals surface area contributed by atoms with Crippen molar-refractivity contribution >= 4 is 28.3 Å². The van der Waals surface area contributed by atoms with E-state index < -0.39 is 0 Å². The van der Waals surface area contributed by atoms with Gasteiger partial charge in [-0.3, -0.25) is 14.9 Å². The first-order valence-electron chi connectivity index (χ1n) is 9.92. The summed E-state index contributed by atoms with van der Waals surface area (Å²) in [6, 6.07) is 11.7. The minimum Gasteiger partial charge on any atom is -0.363 e. The van der Waals surface area contributed by atoms with Crippen LogP contribution in [0, 0.1) is 0 Å². The lowest BCUT2D eigenvalue weighted by Gasteiger charge is -2.11. The van der Waals surface area contributed by atoms with Gasteiger partial charge in [-0.1, -0.05) is 6.07 Å². The first kappa shape index (κ1) is 20.5. The largest absolute Gasteiger partial charge is 0.363 e. The molecule has 0 aliphatic heterocycles. The number of carbonyl (C=O) groups is 1. The molecule has 0 saturated carbocycles. The van der Waals surface area contributed by atoms with Crippen molar-refractivity contribution < 1.29 is 4.79 Å². The number of hydrogen-bond acceptors (Lipinski definition) is 6. The number of fused-ring (bicyclic) bond motifs is 1. The molecule has 4 rings (SSSR count). The summed E-state index contributed by atoms with van der Waals surface area (Å²) in [5.41, 5.74) is 4.86. The molecule has 0 saturated heterocycles. The summed E-state index contributed by atoms with van der Waals surface area (Å²) in [6.07, 6.45) is 5.34. The molecule has 8 heteroatoms. The van der Waals surface area contributed by atoms with E-state index in [4.69, 9.17) is 0 Å². The van der Waals surface area contributed by atoms with Gasteiger partial charge in [-0.25, -0.2) is 4.98 Å². The first-order chi connectivity index (χ1) is 14.9. The van der Waals surface area contributed by atoms with Gasteiger partial charge in [0.15, 0.2) is 5.69 Å². The second kappa shape index (κ2) is 8.53. The van der Waals surface area contributed by atoms with Crippen molar-refractivity contribution in [1.29, 1.82) is 0 Å². The third-order valence-corrected chi connectivity index (χ3v) is 4.87. The normalized spacial score (nSPS) is 11.1. The number of anilines is 2. The fourth-order valence-corrected chi connectivity index (χ4v) is 3.38. The highest BCUT2D eigenvalue weighted by Crippen LogP contribution is 2.26. The molecule has 1 amide bonds. The minimum absolute atomic E-state index is 0.290. The SMILES string of the molecule is CN(C)Cc1cncc(-c2ccc3[nH]nc(C(=O)Nc4ccc(N(C)C)nc4)c3c2)c1. The molecule has 3 heterocycles. The Balaban J connectivity index is 1.62. The van der Waals surface area contributed by atoms with E-state index in [0.717, 1.165) is 40.0 Å². The van der Waals surface area contributed by atoms with Crippen molar-refractivity contribution in [2.24, 2.45) is 0 Å². The maximum atomic E-state index is 12.9. The van der Waals surface area contributed by atoms with Gasteiger partial charge in [0.2, 0.25) is 0 Å². The van der Waals surface area contributed by atoms with E-state index >= 15 is 0 Å². The Labute approximate surface area is 180 Å². The fourth-order valence-electron chi connectivity index (χ4n) is 3.38. The van der Waals surface area contributed by atoms with Gasteiger partial charge in [0.1, 0.15) is 5.82 Å². The van der Waals surface area contributed by atoms with E-state index in [2.05, 4.69) is 36.4 Å². The molecule has 0 radical (unpaired) electrons. The van der Waals surface area contributed by atoms with Crippen molar-refractivity contribution in [3.8, 4) is 11.1 Å². The Kier molecular flexibility index (Phi) is 5.64. The lowest BCUT2D eigenvalue weighted by Crippen LogP contribution is -2.14.